The molecule has 0 saturated carbocycles. The molecule has 0 aliphatic carbocycles. The minimum atomic E-state index is 0.0452. The van der Waals surface area contributed by atoms with Crippen molar-refractivity contribution in [1.29, 1.82) is 0 Å². The van der Waals surface area contributed by atoms with Gasteiger partial charge in [0.1, 0.15) is 0 Å². The Morgan fingerprint density at radius 3 is 2.89 bits per heavy atom. The summed E-state index contributed by atoms with van der Waals surface area (Å²) in [6, 6.07) is 2.12. The highest BCUT2D eigenvalue weighted by molar-refractivity contribution is 7.73. The quantitative estimate of drug-likeness (QED) is 0.829. The number of hydrogen-bond acceptors (Lipinski definition) is 4. The number of amides is 1. The molecule has 0 aliphatic heterocycles. The maximum absolute atomic E-state index is 11.9. The highest BCUT2D eigenvalue weighted by Crippen LogP contribution is 2.18. The Hall–Kier alpha value is -0.980. The Balaban J connectivity index is 1.92. The van der Waals surface area contributed by atoms with Crippen LogP contribution in [0.25, 0.3) is 0 Å². The largest absolute Gasteiger partial charge is 0.351 e. The lowest BCUT2D eigenvalue weighted by Gasteiger charge is -2.05. The van der Waals surface area contributed by atoms with Crippen molar-refractivity contribution in [3.63, 3.8) is 0 Å². The Kier molecular flexibility index (Phi) is 4.90. The number of rotatable bonds is 5. The van der Waals surface area contributed by atoms with Crippen LogP contribution in [0.5, 0.6) is 0 Å². The van der Waals surface area contributed by atoms with Gasteiger partial charge < -0.3 is 10.3 Å². The van der Waals surface area contributed by atoms with Crippen molar-refractivity contribution in [2.75, 3.05) is 0 Å². The highest BCUT2D eigenvalue weighted by atomic mass is 32.1. The molecule has 0 saturated heterocycles. The molecule has 2 heterocycles. The number of carbonyl (C=O) groups excluding carboxylic acids is 1. The van der Waals surface area contributed by atoms with E-state index in [1.807, 2.05) is 6.92 Å². The van der Waals surface area contributed by atoms with E-state index in [1.54, 1.807) is 11.3 Å². The fraction of sp³-hybridized carbons (Fsp3) is 0.385. The van der Waals surface area contributed by atoms with E-state index >= 15 is 0 Å². The van der Waals surface area contributed by atoms with Crippen LogP contribution in [0.1, 0.15) is 27.9 Å². The average molecular weight is 312 g/mol. The molecular formula is C13H16N2OS3. The molecule has 3 nitrogen and oxygen atoms in total. The first-order valence-corrected chi connectivity index (χ1v) is 8.21. The van der Waals surface area contributed by atoms with Gasteiger partial charge in [0.25, 0.3) is 0 Å². The van der Waals surface area contributed by atoms with E-state index in [-0.39, 0.29) is 5.91 Å². The predicted molar refractivity (Wildman–Crippen MR) is 83.5 cm³/mol. The van der Waals surface area contributed by atoms with Gasteiger partial charge in [-0.15, -0.1) is 22.7 Å². The standard InChI is InChI=1S/C13H16N2OS3/c1-3-9-4-5-18-11(9)7-14-12(16)6-10-8(2)15-13(17)19-10/h4-5H,3,6-7H2,1-2H3,(H,14,16)(H,15,17). The van der Waals surface area contributed by atoms with E-state index in [2.05, 4.69) is 28.7 Å². The lowest BCUT2D eigenvalue weighted by molar-refractivity contribution is -0.120. The van der Waals surface area contributed by atoms with Crippen molar-refractivity contribution in [3.05, 3.63) is 36.4 Å². The number of aromatic amines is 1. The van der Waals surface area contributed by atoms with Crippen LogP contribution in [0.3, 0.4) is 0 Å². The normalized spacial score (nSPS) is 10.6. The summed E-state index contributed by atoms with van der Waals surface area (Å²) in [5, 5.41) is 5.05. The van der Waals surface area contributed by atoms with E-state index in [4.69, 9.17) is 12.2 Å². The molecule has 2 N–H and O–H groups in total. The third kappa shape index (κ3) is 3.75. The zero-order valence-electron chi connectivity index (χ0n) is 10.9. The molecule has 102 valence electrons. The Labute approximate surface area is 125 Å². The van der Waals surface area contributed by atoms with Crippen LogP contribution in [-0.2, 0) is 24.2 Å². The lowest BCUT2D eigenvalue weighted by atomic mass is 10.2. The zero-order chi connectivity index (χ0) is 13.8. The molecule has 0 atom stereocenters. The summed E-state index contributed by atoms with van der Waals surface area (Å²) < 4.78 is 0.729. The van der Waals surface area contributed by atoms with Crippen LogP contribution in [-0.4, -0.2) is 10.9 Å². The van der Waals surface area contributed by atoms with Crippen LogP contribution in [0, 0.1) is 10.9 Å². The molecule has 0 unspecified atom stereocenters. The molecular weight excluding hydrogens is 296 g/mol. The maximum Gasteiger partial charge on any atom is 0.225 e. The summed E-state index contributed by atoms with van der Waals surface area (Å²) in [5.41, 5.74) is 2.31. The first-order chi connectivity index (χ1) is 9.10. The second kappa shape index (κ2) is 6.45. The first-order valence-electron chi connectivity index (χ1n) is 6.10. The number of carbonyl (C=O) groups is 1. The van der Waals surface area contributed by atoms with Crippen LogP contribution in [0.4, 0.5) is 0 Å². The summed E-state index contributed by atoms with van der Waals surface area (Å²) in [6.45, 7) is 4.70. The number of aryl methyl sites for hydroxylation is 2. The van der Waals surface area contributed by atoms with Gasteiger partial charge in [0.15, 0.2) is 3.95 Å². The van der Waals surface area contributed by atoms with Gasteiger partial charge in [-0.25, -0.2) is 0 Å². The van der Waals surface area contributed by atoms with Crippen LogP contribution in [0.2, 0.25) is 0 Å². The van der Waals surface area contributed by atoms with Gasteiger partial charge in [0.2, 0.25) is 5.91 Å². The van der Waals surface area contributed by atoms with Gasteiger partial charge in [0.05, 0.1) is 13.0 Å². The summed E-state index contributed by atoms with van der Waals surface area (Å²) in [7, 11) is 0. The number of hydrogen-bond donors (Lipinski definition) is 2. The average Bonchev–Trinajstić information content (AvgIpc) is 2.93. The van der Waals surface area contributed by atoms with Crippen molar-refractivity contribution >= 4 is 40.8 Å². The number of thiophene rings is 1. The SMILES string of the molecule is CCc1ccsc1CNC(=O)Cc1sc(=S)[nH]c1C. The van der Waals surface area contributed by atoms with E-state index in [0.717, 1.165) is 20.9 Å². The molecule has 0 spiro atoms. The van der Waals surface area contributed by atoms with Crippen LogP contribution >= 0.6 is 34.9 Å². The molecule has 2 aromatic rings. The second-order valence-corrected chi connectivity index (χ2v) is 7.01. The molecule has 6 heteroatoms. The predicted octanol–water partition coefficient (Wildman–Crippen LogP) is 3.60. The van der Waals surface area contributed by atoms with Crippen molar-refractivity contribution in [2.24, 2.45) is 0 Å². The fourth-order valence-electron chi connectivity index (χ4n) is 1.83. The smallest absolute Gasteiger partial charge is 0.225 e. The summed E-state index contributed by atoms with van der Waals surface area (Å²) in [5.74, 6) is 0.0452. The molecule has 19 heavy (non-hydrogen) atoms. The van der Waals surface area contributed by atoms with Gasteiger partial charge in [0, 0.05) is 15.4 Å². The van der Waals surface area contributed by atoms with Crippen molar-refractivity contribution in [3.8, 4) is 0 Å². The first kappa shape index (κ1) is 14.4. The fourth-order valence-corrected chi connectivity index (χ4v) is 4.04. The third-order valence-corrected chi connectivity index (χ3v) is 5.21. The molecule has 1 amide bonds. The Morgan fingerprint density at radius 2 is 2.26 bits per heavy atom. The van der Waals surface area contributed by atoms with E-state index in [0.29, 0.717) is 13.0 Å². The monoisotopic (exact) mass is 312 g/mol. The Bertz CT molecular complexity index is 624. The minimum absolute atomic E-state index is 0.0452. The van der Waals surface area contributed by atoms with E-state index in [1.165, 1.54) is 21.8 Å². The summed E-state index contributed by atoms with van der Waals surface area (Å²) >= 11 is 8.24. The van der Waals surface area contributed by atoms with Crippen molar-refractivity contribution in [1.82, 2.24) is 10.3 Å². The van der Waals surface area contributed by atoms with Gasteiger partial charge in [-0.1, -0.05) is 6.92 Å². The molecule has 0 aromatic carbocycles. The third-order valence-electron chi connectivity index (χ3n) is 2.91. The van der Waals surface area contributed by atoms with Gasteiger partial charge in [-0.3, -0.25) is 4.79 Å². The molecule has 0 fully saturated rings. The number of nitrogens with one attached hydrogen (secondary N) is 2. The van der Waals surface area contributed by atoms with E-state index < -0.39 is 0 Å². The molecule has 2 aromatic heterocycles. The zero-order valence-corrected chi connectivity index (χ0v) is 13.4. The molecule has 0 aliphatic rings. The van der Waals surface area contributed by atoms with Crippen molar-refractivity contribution < 1.29 is 4.79 Å². The minimum Gasteiger partial charge on any atom is -0.351 e. The number of H-pyrrole nitrogens is 1. The van der Waals surface area contributed by atoms with Crippen molar-refractivity contribution in [2.45, 2.75) is 33.2 Å². The van der Waals surface area contributed by atoms with Crippen LogP contribution < -0.4 is 5.32 Å². The van der Waals surface area contributed by atoms with Gasteiger partial charge in [-0.05, 0) is 42.6 Å². The highest BCUT2D eigenvalue weighted by Gasteiger charge is 2.09. The molecule has 0 bridgehead atoms. The van der Waals surface area contributed by atoms with Gasteiger partial charge in [-0.2, -0.15) is 0 Å². The Morgan fingerprint density at radius 1 is 1.47 bits per heavy atom. The van der Waals surface area contributed by atoms with Gasteiger partial charge >= 0.3 is 0 Å². The molecule has 0 radical (unpaired) electrons. The number of thiazole rings is 1. The van der Waals surface area contributed by atoms with E-state index in [9.17, 15) is 4.79 Å². The second-order valence-electron chi connectivity index (χ2n) is 4.24. The summed E-state index contributed by atoms with van der Waals surface area (Å²) in [6.07, 6.45) is 1.41. The molecule has 2 rings (SSSR count). The maximum atomic E-state index is 11.9. The lowest BCUT2D eigenvalue weighted by Crippen LogP contribution is -2.24. The topological polar surface area (TPSA) is 44.9 Å². The van der Waals surface area contributed by atoms with Crippen LogP contribution in [0.15, 0.2) is 11.4 Å². The number of aromatic nitrogens is 1. The summed E-state index contributed by atoms with van der Waals surface area (Å²) in [4.78, 5) is 17.2.